The molecule has 2 amide bonds. The van der Waals surface area contributed by atoms with Gasteiger partial charge in [0.05, 0.1) is 13.5 Å². The van der Waals surface area contributed by atoms with Gasteiger partial charge < -0.3 is 4.74 Å². The van der Waals surface area contributed by atoms with Crippen LogP contribution in [0.25, 0.3) is 0 Å². The van der Waals surface area contributed by atoms with E-state index in [9.17, 15) is 14.4 Å². The lowest BCUT2D eigenvalue weighted by molar-refractivity contribution is -0.141. The van der Waals surface area contributed by atoms with Crippen molar-refractivity contribution in [3.05, 3.63) is 47.1 Å². The van der Waals surface area contributed by atoms with Gasteiger partial charge in [0.2, 0.25) is 17.7 Å². The summed E-state index contributed by atoms with van der Waals surface area (Å²) >= 11 is 6.06. The molecule has 1 atom stereocenters. The van der Waals surface area contributed by atoms with Crippen molar-refractivity contribution in [3.8, 4) is 0 Å². The molecule has 0 saturated carbocycles. The first-order valence-corrected chi connectivity index (χ1v) is 8.99. The standard InChI is InChI=1S/C18H19ClN2O4.C2H6/c1-5-20-15(25-4)10-21-16(23)9-18(12(3)22,17(21)24)14-8-13(19)7-6-11(14)2;1-2/h5-8H,1,9-10H2,2-4H3;1-2H3. The Morgan fingerprint density at radius 1 is 1.41 bits per heavy atom. The lowest BCUT2D eigenvalue weighted by Gasteiger charge is -2.26. The lowest BCUT2D eigenvalue weighted by atomic mass is 9.74. The number of likely N-dealkylation sites (tertiary alicyclic amines) is 1. The topological polar surface area (TPSA) is 76.0 Å². The molecule has 1 fully saturated rings. The minimum absolute atomic E-state index is 0.152. The second-order valence-electron chi connectivity index (χ2n) is 5.79. The summed E-state index contributed by atoms with van der Waals surface area (Å²) in [6.07, 6.45) is 1.01. The summed E-state index contributed by atoms with van der Waals surface area (Å²) in [4.78, 5) is 43.0. The molecule has 0 aliphatic carbocycles. The summed E-state index contributed by atoms with van der Waals surface area (Å²) in [7, 11) is 1.38. The van der Waals surface area contributed by atoms with E-state index in [0.29, 0.717) is 16.1 Å². The monoisotopic (exact) mass is 392 g/mol. The average Bonchev–Trinajstić information content (AvgIpc) is 2.90. The first-order chi connectivity index (χ1) is 12.8. The van der Waals surface area contributed by atoms with Crippen LogP contribution in [0.15, 0.2) is 36.0 Å². The molecule has 1 aromatic carbocycles. The van der Waals surface area contributed by atoms with Crippen molar-refractivity contribution < 1.29 is 19.1 Å². The average molecular weight is 393 g/mol. The molecular formula is C20H25ClN2O4. The Morgan fingerprint density at radius 3 is 2.56 bits per heavy atom. The Bertz CT molecular complexity index is 788. The number of nitrogens with zero attached hydrogens (tertiary/aromatic N) is 2. The highest BCUT2D eigenvalue weighted by molar-refractivity contribution is 6.31. The smallest absolute Gasteiger partial charge is 0.248 e. The zero-order valence-corrected chi connectivity index (χ0v) is 17.1. The number of methoxy groups -OCH3 is 1. The van der Waals surface area contributed by atoms with Crippen LogP contribution in [-0.4, -0.2) is 42.0 Å². The Labute approximate surface area is 164 Å². The third-order valence-electron chi connectivity index (χ3n) is 4.35. The molecule has 7 heteroatoms. The highest BCUT2D eigenvalue weighted by atomic mass is 35.5. The van der Waals surface area contributed by atoms with Gasteiger partial charge in [0.15, 0.2) is 0 Å². The SMILES string of the molecule is C=CN=C(CN1C(=O)CC(C(C)=O)(c2cc(Cl)ccc2C)C1=O)OC.CC. The Morgan fingerprint density at radius 2 is 2.04 bits per heavy atom. The molecule has 1 aromatic rings. The molecule has 6 nitrogen and oxygen atoms in total. The molecule has 0 spiro atoms. The number of Topliss-reactive ketones (excluding diaryl/α,β-unsaturated/α-hetero) is 1. The van der Waals surface area contributed by atoms with Gasteiger partial charge in [-0.25, -0.2) is 4.99 Å². The molecule has 0 aromatic heterocycles. The zero-order valence-electron chi connectivity index (χ0n) is 16.3. The first kappa shape index (κ1) is 22.6. The van der Waals surface area contributed by atoms with Gasteiger partial charge in [0.25, 0.3) is 0 Å². The lowest BCUT2D eigenvalue weighted by Crippen LogP contribution is -2.45. The van der Waals surface area contributed by atoms with Gasteiger partial charge in [-0.3, -0.25) is 19.3 Å². The minimum atomic E-state index is -1.57. The van der Waals surface area contributed by atoms with E-state index >= 15 is 0 Å². The van der Waals surface area contributed by atoms with E-state index in [1.54, 1.807) is 25.1 Å². The van der Waals surface area contributed by atoms with Crippen LogP contribution in [0.4, 0.5) is 0 Å². The molecule has 146 valence electrons. The fourth-order valence-corrected chi connectivity index (χ4v) is 3.20. The van der Waals surface area contributed by atoms with Gasteiger partial charge in [0, 0.05) is 11.2 Å². The fourth-order valence-electron chi connectivity index (χ4n) is 3.03. The normalized spacial score (nSPS) is 19.5. The van der Waals surface area contributed by atoms with Crippen molar-refractivity contribution in [2.75, 3.05) is 13.7 Å². The van der Waals surface area contributed by atoms with E-state index in [1.807, 2.05) is 13.8 Å². The maximum atomic E-state index is 13.1. The number of imide groups is 1. The van der Waals surface area contributed by atoms with Crippen LogP contribution >= 0.6 is 11.6 Å². The molecule has 1 heterocycles. The van der Waals surface area contributed by atoms with E-state index < -0.39 is 23.0 Å². The van der Waals surface area contributed by atoms with E-state index in [1.165, 1.54) is 20.2 Å². The number of halogens is 1. The van der Waals surface area contributed by atoms with Crippen LogP contribution in [0.1, 0.15) is 38.3 Å². The van der Waals surface area contributed by atoms with Gasteiger partial charge in [-0.05, 0) is 37.1 Å². The number of aliphatic imine (C=N–C) groups is 1. The van der Waals surface area contributed by atoms with E-state index in [2.05, 4.69) is 11.6 Å². The van der Waals surface area contributed by atoms with Crippen LogP contribution in [0.3, 0.4) is 0 Å². The summed E-state index contributed by atoms with van der Waals surface area (Å²) in [5.74, 6) is -1.31. The van der Waals surface area contributed by atoms with Crippen molar-refractivity contribution in [2.45, 2.75) is 39.5 Å². The molecule has 1 aliphatic rings. The van der Waals surface area contributed by atoms with Gasteiger partial charge >= 0.3 is 0 Å². The Balaban J connectivity index is 0.00000176. The van der Waals surface area contributed by atoms with Gasteiger partial charge in [0.1, 0.15) is 17.7 Å². The van der Waals surface area contributed by atoms with Crippen molar-refractivity contribution >= 4 is 35.1 Å². The molecule has 27 heavy (non-hydrogen) atoms. The summed E-state index contributed by atoms with van der Waals surface area (Å²) in [5.41, 5.74) is -0.402. The quantitative estimate of drug-likeness (QED) is 0.333. The maximum absolute atomic E-state index is 13.1. The number of rotatable bonds is 5. The Kier molecular flexibility index (Phi) is 7.91. The van der Waals surface area contributed by atoms with E-state index in [-0.39, 0.29) is 18.9 Å². The van der Waals surface area contributed by atoms with Gasteiger partial charge in [-0.1, -0.05) is 38.1 Å². The molecule has 1 unspecified atom stereocenters. The van der Waals surface area contributed by atoms with Crippen LogP contribution in [0, 0.1) is 6.92 Å². The second-order valence-corrected chi connectivity index (χ2v) is 6.23. The number of amides is 2. The van der Waals surface area contributed by atoms with Crippen molar-refractivity contribution in [3.63, 3.8) is 0 Å². The molecule has 0 bridgehead atoms. The van der Waals surface area contributed by atoms with Crippen molar-refractivity contribution in [2.24, 2.45) is 4.99 Å². The minimum Gasteiger partial charge on any atom is -0.483 e. The molecule has 1 aliphatic heterocycles. The molecule has 1 saturated heterocycles. The van der Waals surface area contributed by atoms with Crippen LogP contribution in [0.5, 0.6) is 0 Å². The zero-order chi connectivity index (χ0) is 20.8. The first-order valence-electron chi connectivity index (χ1n) is 8.62. The third-order valence-corrected chi connectivity index (χ3v) is 4.59. The number of carbonyl (C=O) groups is 3. The number of benzene rings is 1. The van der Waals surface area contributed by atoms with Crippen molar-refractivity contribution in [1.29, 1.82) is 0 Å². The fraction of sp³-hybridized carbons (Fsp3) is 0.400. The summed E-state index contributed by atoms with van der Waals surface area (Å²) in [5, 5.41) is 0.394. The van der Waals surface area contributed by atoms with E-state index in [0.717, 1.165) is 4.90 Å². The summed E-state index contributed by atoms with van der Waals surface area (Å²) in [6.45, 7) is 10.4. The second kappa shape index (κ2) is 9.46. The predicted molar refractivity (Wildman–Crippen MR) is 106 cm³/mol. The molecule has 2 rings (SSSR count). The van der Waals surface area contributed by atoms with Crippen LogP contribution in [-0.2, 0) is 24.5 Å². The summed E-state index contributed by atoms with van der Waals surface area (Å²) < 4.78 is 5.05. The number of carbonyl (C=O) groups excluding carboxylic acids is 3. The third kappa shape index (κ3) is 4.27. The predicted octanol–water partition coefficient (Wildman–Crippen LogP) is 3.45. The Hall–Kier alpha value is -2.47. The highest BCUT2D eigenvalue weighted by Gasteiger charge is 2.56. The van der Waals surface area contributed by atoms with Crippen LogP contribution < -0.4 is 0 Å². The van der Waals surface area contributed by atoms with Gasteiger partial charge in [-0.15, -0.1) is 0 Å². The number of aryl methyl sites for hydroxylation is 1. The van der Waals surface area contributed by atoms with Gasteiger partial charge in [-0.2, -0.15) is 0 Å². The molecular weight excluding hydrogens is 368 g/mol. The number of hydrogen-bond acceptors (Lipinski definition) is 5. The number of ether oxygens (including phenoxy) is 1. The van der Waals surface area contributed by atoms with E-state index in [4.69, 9.17) is 16.3 Å². The number of hydrogen-bond donors (Lipinski definition) is 0. The van der Waals surface area contributed by atoms with Crippen LogP contribution in [0.2, 0.25) is 5.02 Å². The summed E-state index contributed by atoms with van der Waals surface area (Å²) in [6, 6.07) is 4.97. The number of ketones is 1. The molecule has 0 N–H and O–H groups in total. The largest absolute Gasteiger partial charge is 0.483 e. The molecule has 0 radical (unpaired) electrons. The van der Waals surface area contributed by atoms with Crippen molar-refractivity contribution in [1.82, 2.24) is 4.90 Å². The highest BCUT2D eigenvalue weighted by Crippen LogP contribution is 2.40. The maximum Gasteiger partial charge on any atom is 0.248 e.